The van der Waals surface area contributed by atoms with Crippen molar-refractivity contribution < 1.29 is 0 Å². The molecule has 0 saturated carbocycles. The van der Waals surface area contributed by atoms with Crippen molar-refractivity contribution in [3.63, 3.8) is 0 Å². The topological polar surface area (TPSA) is 0 Å². The molecule has 0 bridgehead atoms. The molecule has 1 rings (SSSR count). The van der Waals surface area contributed by atoms with Crippen LogP contribution in [-0.2, 0) is 0 Å². The molecule has 1 aromatic heterocycles. The van der Waals surface area contributed by atoms with Gasteiger partial charge >= 0.3 is 97.5 Å². The third-order valence-electron chi connectivity index (χ3n) is 1.08. The summed E-state index contributed by atoms with van der Waals surface area (Å²) in [5, 5.41) is 0. The molecule has 1 heterocycles. The van der Waals surface area contributed by atoms with Gasteiger partial charge in [-0.25, -0.2) is 0 Å². The molecule has 1 aromatic rings. The molecule has 0 spiro atoms. The minimum atomic E-state index is 1.15. The van der Waals surface area contributed by atoms with Gasteiger partial charge in [0, 0.05) is 0 Å². The molecule has 0 aliphatic carbocycles. The van der Waals surface area contributed by atoms with Crippen LogP contribution in [0.25, 0.3) is 0 Å². The average Bonchev–Trinajstić information content (AvgIpc) is 1.98. The van der Waals surface area contributed by atoms with Crippen molar-refractivity contribution in [2.24, 2.45) is 0 Å². The third-order valence-corrected chi connectivity index (χ3v) is 10.1. The number of hydrogen-bond donors (Lipinski definition) is 0. The molecule has 5 heteroatoms. The summed E-state index contributed by atoms with van der Waals surface area (Å²) in [4.78, 5) is 0. The SMILES string of the molecule is [Na][c]1ssc(=S)[c]1[Na]. The number of rotatable bonds is 0. The second kappa shape index (κ2) is 3.60. The van der Waals surface area contributed by atoms with Gasteiger partial charge in [0.1, 0.15) is 0 Å². The molecule has 8 heavy (non-hydrogen) atoms. The van der Waals surface area contributed by atoms with E-state index in [4.69, 9.17) is 12.2 Å². The normalized spacial score (nSPS) is 10.0. The summed E-state index contributed by atoms with van der Waals surface area (Å²) in [6, 6.07) is 0. The van der Waals surface area contributed by atoms with Crippen molar-refractivity contribution in [1.29, 1.82) is 0 Å². The van der Waals surface area contributed by atoms with Crippen LogP contribution in [0.1, 0.15) is 0 Å². The first-order valence-corrected chi connectivity index (χ1v) is 6.84. The first kappa shape index (κ1) is 8.37. The van der Waals surface area contributed by atoms with E-state index >= 15 is 0 Å². The van der Waals surface area contributed by atoms with Gasteiger partial charge in [0.25, 0.3) is 0 Å². The maximum atomic E-state index is 5.06. The van der Waals surface area contributed by atoms with Crippen LogP contribution in [-0.4, -0.2) is 55.9 Å². The summed E-state index contributed by atoms with van der Waals surface area (Å²) >= 11 is 7.41. The summed E-state index contributed by atoms with van der Waals surface area (Å²) in [6.07, 6.45) is 0. The van der Waals surface area contributed by atoms with E-state index < -0.39 is 0 Å². The summed E-state index contributed by atoms with van der Waals surface area (Å²) in [5.74, 6) is 0. The van der Waals surface area contributed by atoms with Crippen molar-refractivity contribution >= 4 is 93.7 Å². The van der Waals surface area contributed by atoms with E-state index in [0.717, 1.165) is 31.8 Å². The molecule has 0 nitrogen and oxygen atoms in total. The third kappa shape index (κ3) is 1.87. The van der Waals surface area contributed by atoms with E-state index in [9.17, 15) is 0 Å². The Morgan fingerprint density at radius 1 is 1.25 bits per heavy atom. The van der Waals surface area contributed by atoms with Crippen molar-refractivity contribution in [3.8, 4) is 0 Å². The second-order valence-corrected chi connectivity index (χ2v) is 7.38. The van der Waals surface area contributed by atoms with Crippen LogP contribution in [0.4, 0.5) is 0 Å². The molecule has 0 aromatic carbocycles. The molecule has 0 atom stereocenters. The Kier molecular flexibility index (Phi) is 3.77. The van der Waals surface area contributed by atoms with E-state index in [2.05, 4.69) is 0 Å². The van der Waals surface area contributed by atoms with E-state index in [1.54, 1.807) is 12.5 Å². The molecule has 0 amide bonds. The van der Waals surface area contributed by atoms with Gasteiger partial charge in [-0.2, -0.15) is 0 Å². The molecule has 0 N–H and O–H groups in total. The van der Waals surface area contributed by atoms with Gasteiger partial charge in [0.05, 0.1) is 0 Å². The zero-order valence-electron chi connectivity index (χ0n) is 4.72. The van der Waals surface area contributed by atoms with E-state index in [1.165, 1.54) is 30.7 Å². The minimum absolute atomic E-state index is 1.15. The van der Waals surface area contributed by atoms with E-state index in [0.29, 0.717) is 0 Å². The van der Waals surface area contributed by atoms with Gasteiger partial charge in [-0.15, -0.1) is 0 Å². The monoisotopic (exact) mass is 178 g/mol. The molecule has 0 unspecified atom stereocenters. The van der Waals surface area contributed by atoms with Crippen LogP contribution >= 0.6 is 32.9 Å². The molecule has 32 valence electrons. The zero-order valence-corrected chi connectivity index (χ0v) is 11.2. The molecular formula is C3Na2S3. The fourth-order valence-electron chi connectivity index (χ4n) is 0.369. The van der Waals surface area contributed by atoms with Gasteiger partial charge in [0.15, 0.2) is 0 Å². The summed E-state index contributed by atoms with van der Waals surface area (Å²) in [7, 11) is 3.62. The zero-order chi connectivity index (χ0) is 6.15. The summed E-state index contributed by atoms with van der Waals surface area (Å²) in [6.45, 7) is 0. The number of hydrogen-bond acceptors (Lipinski definition) is 3. The molecule has 0 saturated heterocycles. The molecule has 0 radical (unpaired) electrons. The first-order valence-electron chi connectivity index (χ1n) is 2.28. The van der Waals surface area contributed by atoms with Gasteiger partial charge in [-0.05, 0) is 0 Å². The van der Waals surface area contributed by atoms with Crippen LogP contribution in [0, 0.1) is 3.82 Å². The van der Waals surface area contributed by atoms with E-state index in [-0.39, 0.29) is 0 Å². The predicted octanol–water partition coefficient (Wildman–Crippen LogP) is 0.127. The van der Waals surface area contributed by atoms with Gasteiger partial charge in [0.2, 0.25) is 0 Å². The van der Waals surface area contributed by atoms with Gasteiger partial charge in [-0.3, -0.25) is 0 Å². The van der Waals surface area contributed by atoms with Crippen molar-refractivity contribution in [2.75, 3.05) is 0 Å². The molecule has 0 aliphatic rings. The molecule has 0 aliphatic heterocycles. The Morgan fingerprint density at radius 2 is 1.88 bits per heavy atom. The quantitative estimate of drug-likeness (QED) is 0.309. The molecule has 0 fully saturated rings. The van der Waals surface area contributed by atoms with Crippen LogP contribution < -0.4 is 4.94 Å². The summed E-state index contributed by atoms with van der Waals surface area (Å²) < 4.78 is 4.19. The van der Waals surface area contributed by atoms with Crippen LogP contribution in [0.15, 0.2) is 0 Å². The van der Waals surface area contributed by atoms with Crippen molar-refractivity contribution in [3.05, 3.63) is 3.82 Å². The molecular weight excluding hydrogens is 178 g/mol. The van der Waals surface area contributed by atoms with Crippen LogP contribution in [0.5, 0.6) is 0 Å². The van der Waals surface area contributed by atoms with E-state index in [1.807, 2.05) is 10.3 Å². The predicted molar refractivity (Wildman–Crippen MR) is 43.8 cm³/mol. The summed E-state index contributed by atoms with van der Waals surface area (Å²) in [5.41, 5.74) is 0. The fourth-order valence-corrected chi connectivity index (χ4v) is 5.88. The Bertz CT molecular complexity index is 235. The Balaban J connectivity index is 3.41. The average molecular weight is 178 g/mol. The van der Waals surface area contributed by atoms with Crippen molar-refractivity contribution in [2.45, 2.75) is 0 Å². The Hall–Kier alpha value is 2.27. The van der Waals surface area contributed by atoms with Gasteiger partial charge in [-0.1, -0.05) is 0 Å². The standard InChI is InChI=1S/C3S3.2Na/c4-3-1-2-5-6-3;;. The Morgan fingerprint density at radius 3 is 2.00 bits per heavy atom. The fraction of sp³-hybridized carbons (Fsp3) is 0. The van der Waals surface area contributed by atoms with Crippen molar-refractivity contribution in [1.82, 2.24) is 0 Å². The first-order chi connectivity index (χ1) is 3.72. The van der Waals surface area contributed by atoms with Crippen LogP contribution in [0.2, 0.25) is 0 Å². The van der Waals surface area contributed by atoms with Gasteiger partial charge < -0.3 is 0 Å². The second-order valence-electron chi connectivity index (χ2n) is 1.64. The maximum absolute atomic E-state index is 5.06. The van der Waals surface area contributed by atoms with Crippen LogP contribution in [0.3, 0.4) is 0 Å². The Labute approximate surface area is 95.5 Å².